The fraction of sp³-hybridized carbons (Fsp3) is 0.174. The predicted octanol–water partition coefficient (Wildman–Crippen LogP) is 6.29. The van der Waals surface area contributed by atoms with Crippen molar-refractivity contribution < 1.29 is 18.3 Å². The van der Waals surface area contributed by atoms with Crippen LogP contribution < -0.4 is 9.47 Å². The highest BCUT2D eigenvalue weighted by molar-refractivity contribution is 9.10. The maximum Gasteiger partial charge on any atom is 0.387 e. The molecule has 4 nitrogen and oxygen atoms in total. The van der Waals surface area contributed by atoms with Crippen LogP contribution in [0.4, 0.5) is 8.78 Å². The van der Waals surface area contributed by atoms with Crippen molar-refractivity contribution in [3.05, 3.63) is 94.0 Å². The van der Waals surface area contributed by atoms with E-state index in [1.807, 2.05) is 53.5 Å². The number of para-hydroxylation sites is 1. The molecule has 2 aliphatic heterocycles. The molecule has 2 aliphatic rings. The molecule has 2 atom stereocenters. The molecule has 7 heteroatoms. The molecule has 30 heavy (non-hydrogen) atoms. The minimum atomic E-state index is -2.92. The highest BCUT2D eigenvalue weighted by Crippen LogP contribution is 2.49. The summed E-state index contributed by atoms with van der Waals surface area (Å²) in [5.74, 6) is 0.793. The zero-order chi connectivity index (χ0) is 20.7. The molecule has 0 aromatic heterocycles. The summed E-state index contributed by atoms with van der Waals surface area (Å²) >= 11 is 3.53. The van der Waals surface area contributed by atoms with Gasteiger partial charge in [0.1, 0.15) is 11.5 Å². The van der Waals surface area contributed by atoms with Crippen molar-refractivity contribution in [2.24, 2.45) is 5.10 Å². The minimum Gasteiger partial charge on any atom is -0.464 e. The number of benzene rings is 3. The van der Waals surface area contributed by atoms with Gasteiger partial charge in [0.05, 0.1) is 17.3 Å². The molecule has 0 N–H and O–H groups in total. The molecule has 0 saturated heterocycles. The van der Waals surface area contributed by atoms with E-state index in [1.54, 1.807) is 18.2 Å². The van der Waals surface area contributed by atoms with Gasteiger partial charge in [-0.1, -0.05) is 58.4 Å². The van der Waals surface area contributed by atoms with Gasteiger partial charge in [0.15, 0.2) is 0 Å². The number of ether oxygens (including phenoxy) is 2. The third-order valence-corrected chi connectivity index (χ3v) is 5.75. The monoisotopic (exact) mass is 470 g/mol. The van der Waals surface area contributed by atoms with Gasteiger partial charge in [0, 0.05) is 16.5 Å². The number of hydrazone groups is 1. The van der Waals surface area contributed by atoms with E-state index in [0.29, 0.717) is 17.7 Å². The molecule has 0 radical (unpaired) electrons. The molecular weight excluding hydrogens is 454 g/mol. The summed E-state index contributed by atoms with van der Waals surface area (Å²) in [6.45, 7) is -2.92. The van der Waals surface area contributed by atoms with Gasteiger partial charge in [-0.3, -0.25) is 0 Å². The van der Waals surface area contributed by atoms with Crippen molar-refractivity contribution in [3.63, 3.8) is 0 Å². The molecule has 2 heterocycles. The van der Waals surface area contributed by atoms with Crippen LogP contribution in [0.15, 0.2) is 82.4 Å². The molecule has 3 aromatic carbocycles. The minimum absolute atomic E-state index is 0.0777. The van der Waals surface area contributed by atoms with E-state index in [2.05, 4.69) is 15.9 Å². The Morgan fingerprint density at radius 3 is 2.57 bits per heavy atom. The predicted molar refractivity (Wildman–Crippen MR) is 113 cm³/mol. The van der Waals surface area contributed by atoms with Gasteiger partial charge >= 0.3 is 6.61 Å². The quantitative estimate of drug-likeness (QED) is 0.449. The number of hydrogen-bond donors (Lipinski definition) is 0. The van der Waals surface area contributed by atoms with Crippen LogP contribution in [-0.2, 0) is 0 Å². The van der Waals surface area contributed by atoms with Crippen LogP contribution in [-0.4, -0.2) is 17.3 Å². The number of fused-ring (bicyclic) bond motifs is 3. The van der Waals surface area contributed by atoms with Crippen molar-refractivity contribution in [2.75, 3.05) is 0 Å². The van der Waals surface area contributed by atoms with Gasteiger partial charge in [0.25, 0.3) is 0 Å². The van der Waals surface area contributed by atoms with Crippen molar-refractivity contribution in [2.45, 2.75) is 25.3 Å². The van der Waals surface area contributed by atoms with E-state index in [4.69, 9.17) is 14.6 Å². The average molecular weight is 471 g/mol. The second-order valence-corrected chi connectivity index (χ2v) is 8.00. The fourth-order valence-electron chi connectivity index (χ4n) is 3.96. The Bertz CT molecular complexity index is 1110. The topological polar surface area (TPSA) is 34.1 Å². The lowest BCUT2D eigenvalue weighted by atomic mass is 9.96. The van der Waals surface area contributed by atoms with E-state index in [0.717, 1.165) is 21.3 Å². The van der Waals surface area contributed by atoms with Crippen LogP contribution >= 0.6 is 15.9 Å². The van der Waals surface area contributed by atoms with Crippen LogP contribution in [0.5, 0.6) is 11.5 Å². The molecule has 0 aliphatic carbocycles. The highest BCUT2D eigenvalue weighted by atomic mass is 79.9. The first-order chi connectivity index (χ1) is 14.6. The Kier molecular flexibility index (Phi) is 4.90. The summed E-state index contributed by atoms with van der Waals surface area (Å²) in [5, 5.41) is 6.71. The van der Waals surface area contributed by atoms with Crippen LogP contribution in [0.3, 0.4) is 0 Å². The maximum atomic E-state index is 13.0. The van der Waals surface area contributed by atoms with Crippen LogP contribution in [0.1, 0.15) is 35.4 Å². The lowest BCUT2D eigenvalue weighted by Gasteiger charge is -2.38. The summed E-state index contributed by atoms with van der Waals surface area (Å²) in [6.07, 6.45) is 0.00501. The first kappa shape index (κ1) is 19.1. The van der Waals surface area contributed by atoms with Crippen LogP contribution in [0.25, 0.3) is 0 Å². The number of nitrogens with zero attached hydrogens (tertiary/aromatic N) is 2. The third-order valence-electron chi connectivity index (χ3n) is 5.26. The van der Waals surface area contributed by atoms with Gasteiger partial charge in [-0.25, -0.2) is 5.01 Å². The Morgan fingerprint density at radius 2 is 1.77 bits per heavy atom. The standard InChI is InChI=1S/C23H17BrF2N2O2/c24-15-10-11-21-17(12-15)19-13-18(14-6-2-1-3-7-14)27-28(19)22(29-21)16-8-4-5-9-20(16)30-23(25)26/h1-12,19,22-23H,13H2/t19-,22+/m0/s1. The zero-order valence-corrected chi connectivity index (χ0v) is 17.3. The van der Waals surface area contributed by atoms with Crippen LogP contribution in [0.2, 0.25) is 0 Å². The first-order valence-electron chi connectivity index (χ1n) is 9.51. The molecular formula is C23H17BrF2N2O2. The van der Waals surface area contributed by atoms with Crippen LogP contribution in [0, 0.1) is 0 Å². The Hall–Kier alpha value is -2.93. The van der Waals surface area contributed by atoms with Gasteiger partial charge in [-0.05, 0) is 35.9 Å². The van der Waals surface area contributed by atoms with E-state index in [-0.39, 0.29) is 11.8 Å². The molecule has 3 aromatic rings. The summed E-state index contributed by atoms with van der Waals surface area (Å²) in [7, 11) is 0. The fourth-order valence-corrected chi connectivity index (χ4v) is 4.33. The van der Waals surface area contributed by atoms with Crippen molar-refractivity contribution in [1.29, 1.82) is 0 Å². The van der Waals surface area contributed by atoms with Gasteiger partial charge in [0.2, 0.25) is 6.23 Å². The largest absolute Gasteiger partial charge is 0.464 e. The molecule has 0 saturated carbocycles. The lowest BCUT2D eigenvalue weighted by Crippen LogP contribution is -2.34. The van der Waals surface area contributed by atoms with E-state index < -0.39 is 12.8 Å². The van der Waals surface area contributed by atoms with Gasteiger partial charge in [-0.15, -0.1) is 0 Å². The average Bonchev–Trinajstić information content (AvgIpc) is 3.20. The van der Waals surface area contributed by atoms with Crippen molar-refractivity contribution in [3.8, 4) is 11.5 Å². The SMILES string of the molecule is FC(F)Oc1ccccc1[C@H]1Oc2ccc(Br)cc2[C@@H]2CC(c3ccccc3)=NN12. The Labute approximate surface area is 180 Å². The van der Waals surface area contributed by atoms with Gasteiger partial charge in [-0.2, -0.15) is 13.9 Å². The number of hydrogen-bond acceptors (Lipinski definition) is 4. The Morgan fingerprint density at radius 1 is 1.00 bits per heavy atom. The van der Waals surface area contributed by atoms with Crippen molar-refractivity contribution >= 4 is 21.6 Å². The normalized spacial score (nSPS) is 19.7. The third kappa shape index (κ3) is 3.43. The first-order valence-corrected chi connectivity index (χ1v) is 10.3. The summed E-state index contributed by atoms with van der Waals surface area (Å²) in [5.41, 5.74) is 3.46. The second kappa shape index (κ2) is 7.72. The van der Waals surface area contributed by atoms with E-state index in [9.17, 15) is 8.78 Å². The molecule has 0 unspecified atom stereocenters. The van der Waals surface area contributed by atoms with E-state index >= 15 is 0 Å². The summed E-state index contributed by atoms with van der Waals surface area (Å²) in [6, 6.07) is 22.4. The van der Waals surface area contributed by atoms with Crippen molar-refractivity contribution in [1.82, 2.24) is 5.01 Å². The summed E-state index contributed by atoms with van der Waals surface area (Å²) in [4.78, 5) is 0. The smallest absolute Gasteiger partial charge is 0.387 e. The lowest BCUT2D eigenvalue weighted by molar-refractivity contribution is -0.0578. The molecule has 0 amide bonds. The molecule has 152 valence electrons. The number of rotatable bonds is 4. The highest BCUT2D eigenvalue weighted by Gasteiger charge is 2.42. The number of halogens is 3. The van der Waals surface area contributed by atoms with E-state index in [1.165, 1.54) is 6.07 Å². The molecule has 0 bridgehead atoms. The Balaban J connectivity index is 1.61. The molecule has 0 fully saturated rings. The maximum absolute atomic E-state index is 13.0. The van der Waals surface area contributed by atoms with Gasteiger partial charge < -0.3 is 9.47 Å². The molecule has 5 rings (SSSR count). The number of alkyl halides is 2. The zero-order valence-electron chi connectivity index (χ0n) is 15.7. The molecule has 0 spiro atoms. The summed E-state index contributed by atoms with van der Waals surface area (Å²) < 4.78 is 38.0. The second-order valence-electron chi connectivity index (χ2n) is 7.08.